The van der Waals surface area contributed by atoms with Crippen molar-refractivity contribution in [3.8, 4) is 11.3 Å². The topological polar surface area (TPSA) is 74.0 Å². The first-order chi connectivity index (χ1) is 18.2. The van der Waals surface area contributed by atoms with E-state index in [0.717, 1.165) is 17.5 Å². The standard InChI is InChI=1S/C20H17F2N5O.C6H13N.C3H8/c1-23-16-4-3-14(21)17(18(16)22)19(28)13-9-25-20-12(13)7-11(8-24-20)15-5-6-27(2)10-26-15;1-6-3-4-7(2)5-6;1-3-2/h3-8,10,13,23H,9H2,1-2H3;6H,3-5H2,1-2H3;3H2,1-2H3/p+1. The number of hydrogen-bond donors (Lipinski definition) is 2. The van der Waals surface area contributed by atoms with Gasteiger partial charge in [-0.3, -0.25) is 4.79 Å². The molecule has 2 aromatic heterocycles. The number of hydrogen-bond acceptors (Lipinski definition) is 6. The van der Waals surface area contributed by atoms with Gasteiger partial charge in [0.05, 0.1) is 30.4 Å². The number of aryl methyl sites for hydroxylation is 1. The molecule has 0 amide bonds. The molecule has 4 heterocycles. The van der Waals surface area contributed by atoms with Crippen molar-refractivity contribution in [2.45, 2.75) is 39.5 Å². The molecule has 5 rings (SSSR count). The van der Waals surface area contributed by atoms with Crippen molar-refractivity contribution >= 4 is 17.3 Å². The molecule has 204 valence electrons. The number of ketones is 1. The Morgan fingerprint density at radius 2 is 1.97 bits per heavy atom. The number of likely N-dealkylation sites (tertiary alicyclic amines) is 1. The number of pyridine rings is 1. The van der Waals surface area contributed by atoms with Crippen LogP contribution in [0.4, 0.5) is 20.3 Å². The average molecular weight is 526 g/mol. The number of halogens is 2. The summed E-state index contributed by atoms with van der Waals surface area (Å²) in [5, 5.41) is 5.67. The van der Waals surface area contributed by atoms with Gasteiger partial charge in [-0.15, -0.1) is 0 Å². The number of carbonyl (C=O) groups is 1. The lowest BCUT2D eigenvalue weighted by Gasteiger charge is -2.13. The first-order valence-corrected chi connectivity index (χ1v) is 13.1. The molecule has 2 atom stereocenters. The zero-order valence-corrected chi connectivity index (χ0v) is 23.2. The van der Waals surface area contributed by atoms with E-state index < -0.39 is 28.9 Å². The Morgan fingerprint density at radius 1 is 1.24 bits per heavy atom. The number of carbonyl (C=O) groups excluding carboxylic acids is 1. The maximum Gasteiger partial charge on any atom is 0.286 e. The molecule has 3 aromatic rings. The van der Waals surface area contributed by atoms with Crippen molar-refractivity contribution in [2.75, 3.05) is 44.4 Å². The van der Waals surface area contributed by atoms with Crippen molar-refractivity contribution in [3.05, 3.63) is 65.7 Å². The Bertz CT molecular complexity index is 1230. The van der Waals surface area contributed by atoms with E-state index in [4.69, 9.17) is 0 Å². The molecule has 2 N–H and O–H groups in total. The van der Waals surface area contributed by atoms with Gasteiger partial charge in [0, 0.05) is 43.5 Å². The minimum absolute atomic E-state index is 0.0733. The minimum atomic E-state index is -0.887. The van der Waals surface area contributed by atoms with Crippen LogP contribution in [0.1, 0.15) is 55.5 Å². The van der Waals surface area contributed by atoms with E-state index in [-0.39, 0.29) is 12.2 Å². The quantitative estimate of drug-likeness (QED) is 0.367. The minimum Gasteiger partial charge on any atom is -0.386 e. The number of aromatic nitrogens is 3. The molecule has 0 spiro atoms. The molecular formula is C29H39F2N6O+. The second kappa shape index (κ2) is 13.4. The number of fused-ring (bicyclic) bond motifs is 1. The summed E-state index contributed by atoms with van der Waals surface area (Å²) >= 11 is 0. The fraction of sp³-hybridized carbons (Fsp3) is 0.448. The summed E-state index contributed by atoms with van der Waals surface area (Å²) in [6.45, 7) is 9.40. The predicted molar refractivity (Wildman–Crippen MR) is 147 cm³/mol. The number of rotatable bonds is 4. The lowest BCUT2D eigenvalue weighted by molar-refractivity contribution is -0.674. The molecule has 1 aromatic carbocycles. The Morgan fingerprint density at radius 3 is 2.53 bits per heavy atom. The second-order valence-electron chi connectivity index (χ2n) is 9.97. The predicted octanol–water partition coefficient (Wildman–Crippen LogP) is 5.05. The zero-order valence-electron chi connectivity index (χ0n) is 23.2. The monoisotopic (exact) mass is 525 g/mol. The third-order valence-corrected chi connectivity index (χ3v) is 6.46. The van der Waals surface area contributed by atoms with Crippen LogP contribution in [0.3, 0.4) is 0 Å². The zero-order chi connectivity index (χ0) is 27.8. The van der Waals surface area contributed by atoms with Crippen LogP contribution in [0, 0.1) is 17.6 Å². The smallest absolute Gasteiger partial charge is 0.286 e. The summed E-state index contributed by atoms with van der Waals surface area (Å²) in [6.07, 6.45) is 7.82. The van der Waals surface area contributed by atoms with Crippen molar-refractivity contribution in [3.63, 3.8) is 0 Å². The molecular weight excluding hydrogens is 486 g/mol. The highest BCUT2D eigenvalue weighted by molar-refractivity contribution is 6.04. The fourth-order valence-electron chi connectivity index (χ4n) is 4.47. The maximum absolute atomic E-state index is 14.6. The molecule has 0 radical (unpaired) electrons. The summed E-state index contributed by atoms with van der Waals surface area (Å²) in [5.74, 6) is -1.64. The van der Waals surface area contributed by atoms with Gasteiger partial charge in [0.25, 0.3) is 6.33 Å². The molecule has 2 aliphatic heterocycles. The van der Waals surface area contributed by atoms with E-state index in [9.17, 15) is 13.6 Å². The van der Waals surface area contributed by atoms with Gasteiger partial charge >= 0.3 is 0 Å². The molecule has 9 heteroatoms. The van der Waals surface area contributed by atoms with Crippen molar-refractivity contribution in [1.82, 2.24) is 14.9 Å². The van der Waals surface area contributed by atoms with Gasteiger partial charge in [0.1, 0.15) is 11.6 Å². The largest absolute Gasteiger partial charge is 0.386 e. The molecule has 0 aliphatic carbocycles. The molecule has 2 aliphatic rings. The van der Waals surface area contributed by atoms with E-state index in [1.807, 2.05) is 19.3 Å². The van der Waals surface area contributed by atoms with Crippen molar-refractivity contribution < 1.29 is 18.1 Å². The van der Waals surface area contributed by atoms with Gasteiger partial charge < -0.3 is 15.5 Å². The van der Waals surface area contributed by atoms with Crippen LogP contribution < -0.4 is 15.2 Å². The van der Waals surface area contributed by atoms with Crippen LogP contribution in [0.15, 0.2) is 43.0 Å². The van der Waals surface area contributed by atoms with Crippen LogP contribution in [0.5, 0.6) is 0 Å². The number of Topliss-reactive ketones (excluding diaryl/α,β-unsaturated/α-hetero) is 1. The number of nitrogens with zero attached hydrogens (tertiary/aromatic N) is 4. The Labute approximate surface area is 224 Å². The highest BCUT2D eigenvalue weighted by Gasteiger charge is 2.34. The number of benzene rings is 1. The Balaban J connectivity index is 0.000000338. The van der Waals surface area contributed by atoms with E-state index in [1.54, 1.807) is 23.2 Å². The third-order valence-electron chi connectivity index (χ3n) is 6.46. The lowest BCUT2D eigenvalue weighted by Crippen LogP contribution is -2.27. The van der Waals surface area contributed by atoms with E-state index in [0.29, 0.717) is 17.1 Å². The van der Waals surface area contributed by atoms with Crippen LogP contribution in [0.25, 0.3) is 11.3 Å². The van der Waals surface area contributed by atoms with Crippen molar-refractivity contribution in [1.29, 1.82) is 0 Å². The first kappa shape index (κ1) is 29.1. The van der Waals surface area contributed by atoms with Crippen LogP contribution in [-0.2, 0) is 7.05 Å². The number of anilines is 2. The van der Waals surface area contributed by atoms with Crippen molar-refractivity contribution in [2.24, 2.45) is 13.0 Å². The summed E-state index contributed by atoms with van der Waals surface area (Å²) in [4.78, 5) is 24.1. The Hall–Kier alpha value is -3.46. The normalized spacial score (nSPS) is 17.9. The Kier molecular flexibility index (Phi) is 10.2. The third kappa shape index (κ3) is 6.89. The average Bonchev–Trinajstić information content (AvgIpc) is 3.50. The van der Waals surface area contributed by atoms with Gasteiger partial charge in [0.15, 0.2) is 17.3 Å². The SMILES string of the molecule is CC1CCN(C)C1.CCC.CNc1ccc(F)c(C(=O)C2CNc3ncc(-c4cc[n+](C)cn4)cc32)c1F. The fourth-order valence-corrected chi connectivity index (χ4v) is 4.47. The second-order valence-corrected chi connectivity index (χ2v) is 9.97. The van der Waals surface area contributed by atoms with Crippen LogP contribution in [-0.4, -0.2) is 54.4 Å². The number of nitrogens with one attached hydrogen (secondary N) is 2. The molecule has 1 fully saturated rings. The molecule has 38 heavy (non-hydrogen) atoms. The van der Waals surface area contributed by atoms with E-state index >= 15 is 0 Å². The van der Waals surface area contributed by atoms with Gasteiger partial charge in [-0.25, -0.2) is 18.3 Å². The summed E-state index contributed by atoms with van der Waals surface area (Å²) in [6, 6.07) is 5.99. The van der Waals surface area contributed by atoms with E-state index in [2.05, 4.69) is 53.3 Å². The van der Waals surface area contributed by atoms with Gasteiger partial charge in [0.2, 0.25) is 0 Å². The molecule has 0 bridgehead atoms. The van der Waals surface area contributed by atoms with Crippen LogP contribution in [0.2, 0.25) is 0 Å². The molecule has 1 saturated heterocycles. The van der Waals surface area contributed by atoms with Crippen LogP contribution >= 0.6 is 0 Å². The molecule has 2 unspecified atom stereocenters. The summed E-state index contributed by atoms with van der Waals surface area (Å²) in [5.41, 5.74) is 1.56. The molecule has 0 saturated carbocycles. The first-order valence-electron chi connectivity index (χ1n) is 13.1. The summed E-state index contributed by atoms with van der Waals surface area (Å²) < 4.78 is 30.7. The maximum atomic E-state index is 14.6. The highest BCUT2D eigenvalue weighted by atomic mass is 19.1. The lowest BCUT2D eigenvalue weighted by atomic mass is 9.91. The van der Waals surface area contributed by atoms with Gasteiger partial charge in [-0.2, -0.15) is 0 Å². The van der Waals surface area contributed by atoms with E-state index in [1.165, 1.54) is 39.0 Å². The molecule has 7 nitrogen and oxygen atoms in total. The highest BCUT2D eigenvalue weighted by Crippen LogP contribution is 2.36. The van der Waals surface area contributed by atoms with Gasteiger partial charge in [-0.05, 0) is 49.1 Å². The summed E-state index contributed by atoms with van der Waals surface area (Å²) in [7, 11) is 5.56. The van der Waals surface area contributed by atoms with Gasteiger partial charge in [-0.1, -0.05) is 27.2 Å².